The maximum Gasteiger partial charge on any atom is 0.125 e. The van der Waals surface area contributed by atoms with Crippen LogP contribution in [0.3, 0.4) is 0 Å². The highest BCUT2D eigenvalue weighted by atomic mass is 19.1. The molecule has 0 aliphatic heterocycles. The minimum atomic E-state index is -0.476. The van der Waals surface area contributed by atoms with Gasteiger partial charge >= 0.3 is 0 Å². The molecule has 12 heavy (non-hydrogen) atoms. The summed E-state index contributed by atoms with van der Waals surface area (Å²) in [6, 6.07) is 5.70. The summed E-state index contributed by atoms with van der Waals surface area (Å²) >= 11 is 0. The molecule has 0 heterocycles. The van der Waals surface area contributed by atoms with E-state index in [4.69, 9.17) is 10.7 Å². The molecule has 0 amide bonds. The lowest BCUT2D eigenvalue weighted by atomic mass is 10.1. The first-order chi connectivity index (χ1) is 5.63. The Labute approximate surface area is 69.8 Å². The quantitative estimate of drug-likeness (QED) is 0.631. The molecular formula is C9H7FN2. The normalized spacial score (nSPS) is 9.08. The number of halogens is 1. The van der Waals surface area contributed by atoms with Crippen LogP contribution in [0.2, 0.25) is 0 Å². The predicted octanol–water partition coefficient (Wildman–Crippen LogP) is 2.09. The van der Waals surface area contributed by atoms with Crippen LogP contribution in [0.5, 0.6) is 0 Å². The van der Waals surface area contributed by atoms with E-state index in [1.165, 1.54) is 12.1 Å². The molecule has 0 fully saturated rings. The lowest BCUT2D eigenvalue weighted by Gasteiger charge is -1.98. The molecule has 0 unspecified atom stereocenters. The zero-order valence-electron chi connectivity index (χ0n) is 6.56. The van der Waals surface area contributed by atoms with Gasteiger partial charge in [0.05, 0.1) is 11.6 Å². The van der Waals surface area contributed by atoms with Crippen molar-refractivity contribution in [1.29, 1.82) is 10.7 Å². The van der Waals surface area contributed by atoms with Crippen LogP contribution in [-0.4, -0.2) is 5.71 Å². The first kappa shape index (κ1) is 8.41. The number of nitriles is 1. The van der Waals surface area contributed by atoms with E-state index in [1.54, 1.807) is 6.92 Å². The number of nitrogens with zero attached hydrogens (tertiary/aromatic N) is 1. The average Bonchev–Trinajstić information content (AvgIpc) is 2.03. The lowest BCUT2D eigenvalue weighted by Crippen LogP contribution is -1.94. The van der Waals surface area contributed by atoms with E-state index < -0.39 is 5.82 Å². The number of hydrogen-bond acceptors (Lipinski definition) is 2. The van der Waals surface area contributed by atoms with Gasteiger partial charge in [-0.25, -0.2) is 4.39 Å². The Morgan fingerprint density at radius 1 is 1.50 bits per heavy atom. The zero-order chi connectivity index (χ0) is 9.14. The van der Waals surface area contributed by atoms with Crippen molar-refractivity contribution in [3.05, 3.63) is 35.1 Å². The van der Waals surface area contributed by atoms with Crippen LogP contribution in [0.4, 0.5) is 4.39 Å². The van der Waals surface area contributed by atoms with Gasteiger partial charge in [0.15, 0.2) is 0 Å². The highest BCUT2D eigenvalue weighted by Crippen LogP contribution is 2.08. The molecule has 0 aromatic heterocycles. The fourth-order valence-corrected chi connectivity index (χ4v) is 0.871. The van der Waals surface area contributed by atoms with Crippen LogP contribution in [0.25, 0.3) is 0 Å². The molecule has 0 aliphatic carbocycles. The third-order valence-corrected chi connectivity index (χ3v) is 1.46. The SMILES string of the molecule is CC(=N)c1cc(F)cc(C#N)c1. The maximum atomic E-state index is 12.7. The van der Waals surface area contributed by atoms with Crippen LogP contribution in [-0.2, 0) is 0 Å². The molecule has 0 saturated carbocycles. The third-order valence-electron chi connectivity index (χ3n) is 1.46. The van der Waals surface area contributed by atoms with Crippen molar-refractivity contribution in [3.63, 3.8) is 0 Å². The largest absolute Gasteiger partial charge is 0.305 e. The molecule has 0 spiro atoms. The first-order valence-corrected chi connectivity index (χ1v) is 3.39. The van der Waals surface area contributed by atoms with Gasteiger partial charge in [-0.2, -0.15) is 5.26 Å². The second kappa shape index (κ2) is 3.14. The van der Waals surface area contributed by atoms with Crippen molar-refractivity contribution >= 4 is 5.71 Å². The van der Waals surface area contributed by atoms with E-state index in [2.05, 4.69) is 0 Å². The molecule has 3 heteroatoms. The van der Waals surface area contributed by atoms with E-state index in [9.17, 15) is 4.39 Å². The molecule has 2 nitrogen and oxygen atoms in total. The Balaban J connectivity index is 3.26. The molecule has 0 atom stereocenters. The van der Waals surface area contributed by atoms with Gasteiger partial charge in [0, 0.05) is 5.71 Å². The summed E-state index contributed by atoms with van der Waals surface area (Å²) in [7, 11) is 0. The molecular weight excluding hydrogens is 155 g/mol. The smallest absolute Gasteiger partial charge is 0.125 e. The summed E-state index contributed by atoms with van der Waals surface area (Å²) < 4.78 is 12.7. The van der Waals surface area contributed by atoms with Crippen molar-refractivity contribution in [2.45, 2.75) is 6.92 Å². The number of nitrogens with one attached hydrogen (secondary N) is 1. The fraction of sp³-hybridized carbons (Fsp3) is 0.111. The molecule has 1 aromatic rings. The van der Waals surface area contributed by atoms with Crippen molar-refractivity contribution in [3.8, 4) is 6.07 Å². The number of benzene rings is 1. The topological polar surface area (TPSA) is 47.6 Å². The molecule has 0 radical (unpaired) electrons. The minimum absolute atomic E-state index is 0.247. The van der Waals surface area contributed by atoms with Crippen LogP contribution in [0.15, 0.2) is 18.2 Å². The molecule has 60 valence electrons. The monoisotopic (exact) mass is 162 g/mol. The van der Waals surface area contributed by atoms with Crippen molar-refractivity contribution in [2.75, 3.05) is 0 Å². The summed E-state index contributed by atoms with van der Waals surface area (Å²) in [6.45, 7) is 1.55. The minimum Gasteiger partial charge on any atom is -0.305 e. The predicted molar refractivity (Wildman–Crippen MR) is 43.6 cm³/mol. The van der Waals surface area contributed by atoms with E-state index >= 15 is 0 Å². The van der Waals surface area contributed by atoms with Crippen LogP contribution in [0.1, 0.15) is 18.1 Å². The average molecular weight is 162 g/mol. The number of hydrogen-bond donors (Lipinski definition) is 1. The second-order valence-corrected chi connectivity index (χ2v) is 2.47. The van der Waals surface area contributed by atoms with E-state index in [0.29, 0.717) is 5.56 Å². The van der Waals surface area contributed by atoms with Gasteiger partial charge in [0.2, 0.25) is 0 Å². The molecule has 1 N–H and O–H groups in total. The summed E-state index contributed by atoms with van der Waals surface area (Å²) in [5, 5.41) is 15.7. The van der Waals surface area contributed by atoms with Gasteiger partial charge in [0.25, 0.3) is 0 Å². The Bertz CT molecular complexity index is 363. The Hall–Kier alpha value is -1.69. The van der Waals surface area contributed by atoms with Crippen LogP contribution < -0.4 is 0 Å². The highest BCUT2D eigenvalue weighted by molar-refractivity contribution is 5.96. The van der Waals surface area contributed by atoms with Crippen LogP contribution in [0, 0.1) is 22.6 Å². The molecule has 1 aromatic carbocycles. The van der Waals surface area contributed by atoms with Crippen molar-refractivity contribution in [1.82, 2.24) is 0 Å². The molecule has 1 rings (SSSR count). The second-order valence-electron chi connectivity index (χ2n) is 2.47. The first-order valence-electron chi connectivity index (χ1n) is 3.39. The Morgan fingerprint density at radius 3 is 2.67 bits per heavy atom. The Kier molecular flexibility index (Phi) is 2.20. The summed E-state index contributed by atoms with van der Waals surface area (Å²) in [5.41, 5.74) is 0.953. The van der Waals surface area contributed by atoms with Gasteiger partial charge in [0.1, 0.15) is 5.82 Å². The molecule has 0 saturated heterocycles. The third kappa shape index (κ3) is 1.67. The Morgan fingerprint density at radius 2 is 2.17 bits per heavy atom. The van der Waals surface area contributed by atoms with Gasteiger partial charge in [-0.3, -0.25) is 0 Å². The van der Waals surface area contributed by atoms with Crippen molar-refractivity contribution < 1.29 is 4.39 Å². The van der Waals surface area contributed by atoms with Crippen molar-refractivity contribution in [2.24, 2.45) is 0 Å². The van der Waals surface area contributed by atoms with Gasteiger partial charge in [-0.15, -0.1) is 0 Å². The maximum absolute atomic E-state index is 12.7. The van der Waals surface area contributed by atoms with E-state index in [0.717, 1.165) is 6.07 Å². The zero-order valence-corrected chi connectivity index (χ0v) is 6.56. The fourth-order valence-electron chi connectivity index (χ4n) is 0.871. The molecule has 0 bridgehead atoms. The lowest BCUT2D eigenvalue weighted by molar-refractivity contribution is 0.627. The summed E-state index contributed by atoms with van der Waals surface area (Å²) in [4.78, 5) is 0. The van der Waals surface area contributed by atoms with Gasteiger partial charge in [-0.1, -0.05) is 0 Å². The summed E-state index contributed by atoms with van der Waals surface area (Å²) in [6.07, 6.45) is 0. The van der Waals surface area contributed by atoms with Gasteiger partial charge < -0.3 is 5.41 Å². The summed E-state index contributed by atoms with van der Waals surface area (Å²) in [5.74, 6) is -0.476. The standard InChI is InChI=1S/C9H7FN2/c1-6(12)8-2-7(5-11)3-9(10)4-8/h2-4,12H,1H3. The molecule has 0 aliphatic rings. The van der Waals surface area contributed by atoms with E-state index in [1.807, 2.05) is 6.07 Å². The highest BCUT2D eigenvalue weighted by Gasteiger charge is 2.01. The number of rotatable bonds is 1. The van der Waals surface area contributed by atoms with Gasteiger partial charge in [-0.05, 0) is 30.7 Å². The van der Waals surface area contributed by atoms with Crippen LogP contribution >= 0.6 is 0 Å². The van der Waals surface area contributed by atoms with E-state index in [-0.39, 0.29) is 11.3 Å².